The summed E-state index contributed by atoms with van der Waals surface area (Å²) in [6.45, 7) is 1.13. The number of rotatable bonds is 3. The highest BCUT2D eigenvalue weighted by Gasteiger charge is 2.25. The fraction of sp³-hybridized carbons (Fsp3) is 0.600. The lowest BCUT2D eigenvalue weighted by Gasteiger charge is -2.19. The topological polar surface area (TPSA) is 75.2 Å². The monoisotopic (exact) mass is 288 g/mol. The zero-order valence-corrected chi connectivity index (χ0v) is 11.8. The molecule has 0 saturated carbocycles. The van der Waals surface area contributed by atoms with E-state index in [0.29, 0.717) is 19.0 Å². The molecule has 1 aromatic heterocycles. The van der Waals surface area contributed by atoms with E-state index in [1.165, 1.54) is 16.7 Å². The summed E-state index contributed by atoms with van der Waals surface area (Å²) in [4.78, 5) is 8.06. The van der Waals surface area contributed by atoms with Crippen LogP contribution in [0.3, 0.4) is 0 Å². The van der Waals surface area contributed by atoms with Crippen LogP contribution in [-0.2, 0) is 10.0 Å². The Morgan fingerprint density at radius 2 is 2.00 bits per heavy atom. The summed E-state index contributed by atoms with van der Waals surface area (Å²) in [5, 5.41) is 2.76. The predicted molar refractivity (Wildman–Crippen MR) is 72.3 cm³/mol. The maximum absolute atomic E-state index is 12.4. The maximum Gasteiger partial charge on any atom is 0.246 e. The number of aromatic nitrogens is 2. The second-order valence-electron chi connectivity index (χ2n) is 3.86. The summed E-state index contributed by atoms with van der Waals surface area (Å²) < 4.78 is 26.2. The normalized spacial score (nSPS) is 18.3. The summed E-state index contributed by atoms with van der Waals surface area (Å²) in [6, 6.07) is 0. The minimum absolute atomic E-state index is 0.161. The molecule has 1 aliphatic heterocycles. The summed E-state index contributed by atoms with van der Waals surface area (Å²) in [7, 11) is -1.75. The number of nitrogens with one attached hydrogen (secondary N) is 1. The highest BCUT2D eigenvalue weighted by Crippen LogP contribution is 2.19. The van der Waals surface area contributed by atoms with Crippen molar-refractivity contribution in [3.05, 3.63) is 12.4 Å². The molecule has 2 heterocycles. The number of thioether (sulfide) groups is 1. The minimum atomic E-state index is -3.44. The largest absolute Gasteiger partial charge is 0.357 e. The molecule has 100 valence electrons. The van der Waals surface area contributed by atoms with E-state index < -0.39 is 10.0 Å². The Kier molecular flexibility index (Phi) is 4.41. The Bertz CT molecular complexity index is 481. The number of hydrogen-bond acceptors (Lipinski definition) is 6. The van der Waals surface area contributed by atoms with E-state index in [9.17, 15) is 8.42 Å². The van der Waals surface area contributed by atoms with Crippen LogP contribution in [-0.4, -0.2) is 54.3 Å². The van der Waals surface area contributed by atoms with Crippen molar-refractivity contribution in [3.8, 4) is 0 Å². The molecule has 1 saturated heterocycles. The lowest BCUT2D eigenvalue weighted by Crippen LogP contribution is -2.33. The zero-order chi connectivity index (χ0) is 13.0. The first-order valence-corrected chi connectivity index (χ1v) is 8.32. The van der Waals surface area contributed by atoms with E-state index in [0.717, 1.165) is 17.9 Å². The SMILES string of the molecule is CNc1ncc(S(=O)(=O)N2CCCSCC2)cn1. The molecule has 18 heavy (non-hydrogen) atoms. The fourth-order valence-electron chi connectivity index (χ4n) is 1.69. The molecule has 1 aromatic rings. The first kappa shape index (κ1) is 13.6. The molecule has 0 amide bonds. The lowest BCUT2D eigenvalue weighted by atomic mass is 10.5. The van der Waals surface area contributed by atoms with Gasteiger partial charge >= 0.3 is 0 Å². The van der Waals surface area contributed by atoms with E-state index in [-0.39, 0.29) is 4.90 Å². The van der Waals surface area contributed by atoms with Gasteiger partial charge in [0.05, 0.1) is 12.4 Å². The van der Waals surface area contributed by atoms with Crippen molar-refractivity contribution in [1.82, 2.24) is 14.3 Å². The highest BCUT2D eigenvalue weighted by atomic mass is 32.2. The van der Waals surface area contributed by atoms with Crippen molar-refractivity contribution in [2.75, 3.05) is 37.0 Å². The van der Waals surface area contributed by atoms with Gasteiger partial charge in [-0.1, -0.05) is 0 Å². The van der Waals surface area contributed by atoms with E-state index in [2.05, 4.69) is 15.3 Å². The summed E-state index contributed by atoms with van der Waals surface area (Å²) in [5.41, 5.74) is 0. The quantitative estimate of drug-likeness (QED) is 0.880. The first-order chi connectivity index (χ1) is 8.64. The number of hydrogen-bond donors (Lipinski definition) is 1. The number of nitrogens with zero attached hydrogens (tertiary/aromatic N) is 3. The van der Waals surface area contributed by atoms with Gasteiger partial charge in [0.1, 0.15) is 4.90 Å². The van der Waals surface area contributed by atoms with Gasteiger partial charge in [-0.2, -0.15) is 16.1 Å². The Morgan fingerprint density at radius 3 is 2.67 bits per heavy atom. The average molecular weight is 288 g/mol. The van der Waals surface area contributed by atoms with Crippen LogP contribution < -0.4 is 5.32 Å². The number of anilines is 1. The molecular weight excluding hydrogens is 272 g/mol. The van der Waals surface area contributed by atoms with Crippen LogP contribution in [0.4, 0.5) is 5.95 Å². The van der Waals surface area contributed by atoms with E-state index in [4.69, 9.17) is 0 Å². The van der Waals surface area contributed by atoms with Crippen molar-refractivity contribution in [1.29, 1.82) is 0 Å². The van der Waals surface area contributed by atoms with Crippen molar-refractivity contribution in [2.24, 2.45) is 0 Å². The molecule has 1 fully saturated rings. The van der Waals surface area contributed by atoms with Gasteiger partial charge in [-0.3, -0.25) is 0 Å². The Labute approximate surface area is 111 Å². The molecule has 0 atom stereocenters. The van der Waals surface area contributed by atoms with Gasteiger partial charge in [0.15, 0.2) is 0 Å². The third-order valence-corrected chi connectivity index (χ3v) is 5.57. The number of sulfonamides is 1. The second-order valence-corrected chi connectivity index (χ2v) is 7.03. The van der Waals surface area contributed by atoms with E-state index in [1.54, 1.807) is 18.8 Å². The van der Waals surface area contributed by atoms with Gasteiger partial charge in [-0.15, -0.1) is 0 Å². The van der Waals surface area contributed by atoms with Gasteiger partial charge < -0.3 is 5.32 Å². The minimum Gasteiger partial charge on any atom is -0.357 e. The van der Waals surface area contributed by atoms with Gasteiger partial charge in [0, 0.05) is 25.9 Å². The van der Waals surface area contributed by atoms with Crippen LogP contribution >= 0.6 is 11.8 Å². The maximum atomic E-state index is 12.4. The van der Waals surface area contributed by atoms with Crippen LogP contribution in [0.5, 0.6) is 0 Å². The molecule has 0 aromatic carbocycles. The van der Waals surface area contributed by atoms with E-state index in [1.807, 2.05) is 0 Å². The molecule has 1 aliphatic rings. The van der Waals surface area contributed by atoms with Gasteiger partial charge in [-0.05, 0) is 12.2 Å². The molecule has 0 unspecified atom stereocenters. The Morgan fingerprint density at radius 1 is 1.28 bits per heavy atom. The standard InChI is InChI=1S/C10H16N4O2S2/c1-11-10-12-7-9(8-13-10)18(15,16)14-3-2-5-17-6-4-14/h7-8H,2-6H2,1H3,(H,11,12,13). The van der Waals surface area contributed by atoms with Gasteiger partial charge in [0.25, 0.3) is 0 Å². The average Bonchev–Trinajstić information content (AvgIpc) is 2.68. The molecule has 1 N–H and O–H groups in total. The molecule has 0 radical (unpaired) electrons. The third-order valence-electron chi connectivity index (χ3n) is 2.67. The first-order valence-electron chi connectivity index (χ1n) is 5.72. The zero-order valence-electron chi connectivity index (χ0n) is 10.2. The molecule has 8 heteroatoms. The van der Waals surface area contributed by atoms with E-state index >= 15 is 0 Å². The smallest absolute Gasteiger partial charge is 0.246 e. The van der Waals surface area contributed by atoms with Crippen molar-refractivity contribution in [2.45, 2.75) is 11.3 Å². The summed E-state index contributed by atoms with van der Waals surface area (Å²) in [5.74, 6) is 2.27. The molecule has 2 rings (SSSR count). The van der Waals surface area contributed by atoms with Crippen LogP contribution in [0, 0.1) is 0 Å². The molecule has 0 aliphatic carbocycles. The third kappa shape index (κ3) is 2.93. The van der Waals surface area contributed by atoms with Crippen LogP contribution in [0.2, 0.25) is 0 Å². The van der Waals surface area contributed by atoms with Gasteiger partial charge in [-0.25, -0.2) is 18.4 Å². The van der Waals surface area contributed by atoms with Crippen molar-refractivity contribution < 1.29 is 8.42 Å². The van der Waals surface area contributed by atoms with Crippen LogP contribution in [0.15, 0.2) is 17.3 Å². The van der Waals surface area contributed by atoms with Crippen LogP contribution in [0.25, 0.3) is 0 Å². The molecular formula is C10H16N4O2S2. The predicted octanol–water partition coefficient (Wildman–Crippen LogP) is 0.646. The lowest BCUT2D eigenvalue weighted by molar-refractivity contribution is 0.434. The molecule has 0 spiro atoms. The fourth-order valence-corrected chi connectivity index (χ4v) is 4.06. The highest BCUT2D eigenvalue weighted by molar-refractivity contribution is 7.99. The Balaban J connectivity index is 2.22. The second kappa shape index (κ2) is 5.85. The van der Waals surface area contributed by atoms with Gasteiger partial charge in [0.2, 0.25) is 16.0 Å². The van der Waals surface area contributed by atoms with Crippen molar-refractivity contribution >= 4 is 27.7 Å². The molecule has 0 bridgehead atoms. The Hall–Kier alpha value is -0.860. The van der Waals surface area contributed by atoms with Crippen LogP contribution in [0.1, 0.15) is 6.42 Å². The summed E-state index contributed by atoms with van der Waals surface area (Å²) >= 11 is 1.79. The summed E-state index contributed by atoms with van der Waals surface area (Å²) in [6.07, 6.45) is 3.59. The molecule has 6 nitrogen and oxygen atoms in total. The van der Waals surface area contributed by atoms with Crippen molar-refractivity contribution in [3.63, 3.8) is 0 Å².